The number of hydrogen-bond acceptors (Lipinski definition) is 1. The van der Waals surface area contributed by atoms with E-state index in [9.17, 15) is 4.79 Å². The van der Waals surface area contributed by atoms with E-state index in [2.05, 4.69) is 0 Å². The highest BCUT2D eigenvalue weighted by molar-refractivity contribution is 5.65. The maximum atomic E-state index is 9.85. The molecule has 1 nitrogen and oxygen atoms in total. The smallest absolute Gasteiger partial charge is 0.142 e. The maximum Gasteiger partial charge on any atom is 0.142 e. The molecule has 0 unspecified atom stereocenters. The van der Waals surface area contributed by atoms with Crippen molar-refractivity contribution < 1.29 is 4.79 Å². The van der Waals surface area contributed by atoms with Crippen LogP contribution in [0.3, 0.4) is 0 Å². The molecule has 0 amide bonds. The number of aldehydes is 1. The molecule has 4 radical (unpaired) electrons. The van der Waals surface area contributed by atoms with Crippen LogP contribution in [0.2, 0.25) is 0 Å². The van der Waals surface area contributed by atoms with Gasteiger partial charge in [-0.05, 0) is 13.0 Å². The second-order valence-corrected chi connectivity index (χ2v) is 2.20. The van der Waals surface area contributed by atoms with E-state index in [4.69, 9.17) is 0 Å². The zero-order valence-corrected chi connectivity index (χ0v) is 8.26. The van der Waals surface area contributed by atoms with Crippen LogP contribution in [0.25, 0.3) is 0 Å². The summed E-state index contributed by atoms with van der Waals surface area (Å²) in [5, 5.41) is 0. The molecule has 0 spiro atoms. The number of hydrogen-bond donors (Lipinski definition) is 0. The normalized spacial score (nSPS) is 12.4. The molecule has 0 aromatic carbocycles. The van der Waals surface area contributed by atoms with E-state index in [-0.39, 0.29) is 7.43 Å². The fourth-order valence-corrected chi connectivity index (χ4v) is 0.606. The summed E-state index contributed by atoms with van der Waals surface area (Å²) in [6.07, 6.45) is 19.2. The highest BCUT2D eigenvalue weighted by atomic mass is 16.1. The summed E-state index contributed by atoms with van der Waals surface area (Å²) in [5.41, 5.74) is 0. The molecule has 0 aromatic rings. The minimum absolute atomic E-state index is 0. The molecule has 0 saturated heterocycles. The largest absolute Gasteiger partial charge is 0.299 e. The van der Waals surface area contributed by atoms with Crippen molar-refractivity contribution in [3.63, 3.8) is 0 Å². The maximum absolute atomic E-state index is 9.85. The van der Waals surface area contributed by atoms with Crippen LogP contribution in [0.1, 0.15) is 6.92 Å². The summed E-state index contributed by atoms with van der Waals surface area (Å²) in [5.74, 6) is 0. The van der Waals surface area contributed by atoms with Crippen LogP contribution in [0.4, 0.5) is 0 Å². The molecule has 0 aliphatic heterocycles. The van der Waals surface area contributed by atoms with E-state index in [1.165, 1.54) is 6.08 Å². The summed E-state index contributed by atoms with van der Waals surface area (Å²) in [6, 6.07) is 0. The van der Waals surface area contributed by atoms with Crippen LogP contribution in [0, 0.1) is 7.43 Å². The van der Waals surface area contributed by atoms with Gasteiger partial charge in [0.2, 0.25) is 0 Å². The Balaban J connectivity index is 0. The van der Waals surface area contributed by atoms with Crippen LogP contribution in [0.15, 0.2) is 60.8 Å². The number of carbonyl (C=O) groups excluding carboxylic acids is 1. The van der Waals surface area contributed by atoms with Gasteiger partial charge in [-0.3, -0.25) is 4.79 Å². The van der Waals surface area contributed by atoms with Crippen molar-refractivity contribution in [1.29, 1.82) is 0 Å². The van der Waals surface area contributed by atoms with E-state index in [0.717, 1.165) is 6.29 Å². The number of rotatable bonds is 5. The molecule has 0 fully saturated rings. The Bertz CT molecular complexity index is 252. The number of allylic oxidation sites excluding steroid dienone is 10. The Morgan fingerprint density at radius 3 is 1.36 bits per heavy atom. The Labute approximate surface area is 86.8 Å². The Morgan fingerprint density at radius 1 is 0.643 bits per heavy atom. The van der Waals surface area contributed by atoms with Crippen LogP contribution in [-0.4, -0.2) is 6.29 Å². The van der Waals surface area contributed by atoms with Gasteiger partial charge in [0, 0.05) is 7.43 Å². The molecular weight excluding hydrogens is 172 g/mol. The molecule has 0 N–H and O–H groups in total. The molecule has 0 aromatic heterocycles. The molecule has 0 bridgehead atoms. The molecule has 0 heterocycles. The molecule has 0 rings (SSSR count). The third-order valence-electron chi connectivity index (χ3n) is 1.16. The van der Waals surface area contributed by atoms with Crippen molar-refractivity contribution in [3.8, 4) is 0 Å². The zero-order valence-electron chi connectivity index (χ0n) is 8.26. The average Bonchev–Trinajstić information content (AvgIpc) is 2.16. The SMILES string of the molecule is CC=CC=CC=CC=CC=CC=O.[C]. The van der Waals surface area contributed by atoms with Crippen LogP contribution in [0.5, 0.6) is 0 Å². The van der Waals surface area contributed by atoms with Crippen molar-refractivity contribution in [2.75, 3.05) is 0 Å². The van der Waals surface area contributed by atoms with Gasteiger partial charge in [-0.1, -0.05) is 54.7 Å². The molecule has 0 atom stereocenters. The van der Waals surface area contributed by atoms with Crippen molar-refractivity contribution >= 4 is 6.29 Å². The van der Waals surface area contributed by atoms with Gasteiger partial charge in [-0.25, -0.2) is 0 Å². The monoisotopic (exact) mass is 186 g/mol. The van der Waals surface area contributed by atoms with E-state index in [0.29, 0.717) is 0 Å². The van der Waals surface area contributed by atoms with E-state index in [1.807, 2.05) is 49.5 Å². The summed E-state index contributed by atoms with van der Waals surface area (Å²) in [7, 11) is 0. The summed E-state index contributed by atoms with van der Waals surface area (Å²) in [6.45, 7) is 1.97. The summed E-state index contributed by atoms with van der Waals surface area (Å²) in [4.78, 5) is 9.85. The highest BCUT2D eigenvalue weighted by Crippen LogP contribution is 1.82. The Morgan fingerprint density at radius 2 is 1.00 bits per heavy atom. The zero-order chi connectivity index (χ0) is 9.78. The van der Waals surface area contributed by atoms with Gasteiger partial charge in [0.05, 0.1) is 0 Å². The van der Waals surface area contributed by atoms with Gasteiger partial charge in [0.1, 0.15) is 6.29 Å². The van der Waals surface area contributed by atoms with E-state index < -0.39 is 0 Å². The van der Waals surface area contributed by atoms with Gasteiger partial charge in [-0.15, -0.1) is 0 Å². The van der Waals surface area contributed by atoms with Gasteiger partial charge in [-0.2, -0.15) is 0 Å². The highest BCUT2D eigenvalue weighted by Gasteiger charge is 1.62. The lowest BCUT2D eigenvalue weighted by Gasteiger charge is -1.72. The topological polar surface area (TPSA) is 17.1 Å². The lowest BCUT2D eigenvalue weighted by Crippen LogP contribution is -1.55. The van der Waals surface area contributed by atoms with Crippen LogP contribution in [-0.2, 0) is 4.79 Å². The third-order valence-corrected chi connectivity index (χ3v) is 1.16. The molecule has 14 heavy (non-hydrogen) atoms. The molecule has 0 aliphatic carbocycles. The van der Waals surface area contributed by atoms with Gasteiger partial charge in [0.15, 0.2) is 0 Å². The molecule has 0 aliphatic rings. The van der Waals surface area contributed by atoms with Gasteiger partial charge >= 0.3 is 0 Å². The standard InChI is InChI=1S/C12H14O.C/c1-2-3-4-5-6-7-8-9-10-11-12-13;/h2-12H,1H3;. The summed E-state index contributed by atoms with van der Waals surface area (Å²) >= 11 is 0. The van der Waals surface area contributed by atoms with Gasteiger partial charge in [0.25, 0.3) is 0 Å². The fraction of sp³-hybridized carbons (Fsp3) is 0.0769. The van der Waals surface area contributed by atoms with E-state index >= 15 is 0 Å². The first kappa shape index (κ1) is 14.9. The Hall–Kier alpha value is -1.63. The predicted molar refractivity (Wildman–Crippen MR) is 60.7 cm³/mol. The molecular formula is C13H14O. The van der Waals surface area contributed by atoms with Crippen LogP contribution < -0.4 is 0 Å². The first-order valence-electron chi connectivity index (χ1n) is 4.15. The quantitative estimate of drug-likeness (QED) is 0.366. The number of carbonyl (C=O) groups is 1. The molecule has 72 valence electrons. The summed E-state index contributed by atoms with van der Waals surface area (Å²) < 4.78 is 0. The first-order chi connectivity index (χ1) is 6.41. The second kappa shape index (κ2) is 13.9. The van der Waals surface area contributed by atoms with Crippen LogP contribution >= 0.6 is 0 Å². The Kier molecular flexibility index (Phi) is 14.8. The van der Waals surface area contributed by atoms with Crippen molar-refractivity contribution in [1.82, 2.24) is 0 Å². The minimum Gasteiger partial charge on any atom is -0.299 e. The average molecular weight is 186 g/mol. The van der Waals surface area contributed by atoms with Crippen molar-refractivity contribution in [2.45, 2.75) is 6.92 Å². The third kappa shape index (κ3) is 13.0. The minimum atomic E-state index is 0. The predicted octanol–water partition coefficient (Wildman–Crippen LogP) is 3.07. The lowest BCUT2D eigenvalue weighted by molar-refractivity contribution is -0.104. The molecule has 1 heteroatoms. The lowest BCUT2D eigenvalue weighted by atomic mass is 10.4. The fourth-order valence-electron chi connectivity index (χ4n) is 0.606. The van der Waals surface area contributed by atoms with Crippen molar-refractivity contribution in [2.24, 2.45) is 0 Å². The van der Waals surface area contributed by atoms with Crippen molar-refractivity contribution in [3.05, 3.63) is 68.2 Å². The second-order valence-electron chi connectivity index (χ2n) is 2.20. The first-order valence-corrected chi connectivity index (χ1v) is 4.15. The van der Waals surface area contributed by atoms with Gasteiger partial charge < -0.3 is 0 Å². The molecule has 0 saturated carbocycles. The van der Waals surface area contributed by atoms with E-state index in [1.54, 1.807) is 12.2 Å².